The molecule has 3 rings (SSSR count). The van der Waals surface area contributed by atoms with Gasteiger partial charge in [0, 0.05) is 38.2 Å². The quantitative estimate of drug-likeness (QED) is 0.907. The summed E-state index contributed by atoms with van der Waals surface area (Å²) in [5.74, 6) is 0.581. The van der Waals surface area contributed by atoms with Crippen LogP contribution in [0.1, 0.15) is 17.5 Å². The SMILES string of the molecule is Nc1cc(CN2CCC(OCc3ccncc3)C2)ccn1. The summed E-state index contributed by atoms with van der Waals surface area (Å²) in [7, 11) is 0. The van der Waals surface area contributed by atoms with Crippen molar-refractivity contribution in [2.45, 2.75) is 25.7 Å². The van der Waals surface area contributed by atoms with Crippen molar-refractivity contribution in [3.63, 3.8) is 0 Å². The van der Waals surface area contributed by atoms with Crippen molar-refractivity contribution < 1.29 is 4.74 Å². The summed E-state index contributed by atoms with van der Waals surface area (Å²) in [6.45, 7) is 3.58. The molecule has 1 aliphatic rings. The number of likely N-dealkylation sites (tertiary alicyclic amines) is 1. The monoisotopic (exact) mass is 284 g/mol. The van der Waals surface area contributed by atoms with Gasteiger partial charge in [0.1, 0.15) is 5.82 Å². The van der Waals surface area contributed by atoms with Crippen LogP contribution in [-0.4, -0.2) is 34.1 Å². The molecule has 1 unspecified atom stereocenters. The van der Waals surface area contributed by atoms with Gasteiger partial charge in [0.25, 0.3) is 0 Å². The third-order valence-electron chi connectivity index (χ3n) is 3.72. The van der Waals surface area contributed by atoms with Crippen molar-refractivity contribution >= 4 is 5.82 Å². The van der Waals surface area contributed by atoms with Crippen molar-refractivity contribution in [3.05, 3.63) is 54.0 Å². The van der Waals surface area contributed by atoms with E-state index in [1.807, 2.05) is 24.3 Å². The molecule has 110 valence electrons. The Morgan fingerprint density at radius 3 is 2.81 bits per heavy atom. The molecule has 1 fully saturated rings. The zero-order valence-corrected chi connectivity index (χ0v) is 12.0. The van der Waals surface area contributed by atoms with Gasteiger partial charge in [-0.05, 0) is 41.8 Å². The lowest BCUT2D eigenvalue weighted by Crippen LogP contribution is -2.23. The molecular weight excluding hydrogens is 264 g/mol. The largest absolute Gasteiger partial charge is 0.384 e. The number of aromatic nitrogens is 2. The highest BCUT2D eigenvalue weighted by Crippen LogP contribution is 2.17. The first-order valence-corrected chi connectivity index (χ1v) is 7.23. The van der Waals surface area contributed by atoms with E-state index in [1.54, 1.807) is 18.6 Å². The van der Waals surface area contributed by atoms with Crippen molar-refractivity contribution in [3.8, 4) is 0 Å². The molecule has 0 spiro atoms. The zero-order valence-electron chi connectivity index (χ0n) is 12.0. The van der Waals surface area contributed by atoms with Crippen molar-refractivity contribution in [1.82, 2.24) is 14.9 Å². The minimum absolute atomic E-state index is 0.303. The van der Waals surface area contributed by atoms with Crippen LogP contribution < -0.4 is 5.73 Å². The van der Waals surface area contributed by atoms with E-state index in [-0.39, 0.29) is 0 Å². The van der Waals surface area contributed by atoms with E-state index >= 15 is 0 Å². The number of rotatable bonds is 5. The van der Waals surface area contributed by atoms with E-state index in [0.717, 1.165) is 26.1 Å². The Bertz CT molecular complexity index is 575. The van der Waals surface area contributed by atoms with Crippen molar-refractivity contribution in [1.29, 1.82) is 0 Å². The maximum absolute atomic E-state index is 5.97. The molecule has 5 nitrogen and oxygen atoms in total. The van der Waals surface area contributed by atoms with Gasteiger partial charge in [-0.3, -0.25) is 9.88 Å². The molecule has 3 heterocycles. The lowest BCUT2D eigenvalue weighted by atomic mass is 10.2. The number of ether oxygens (including phenoxy) is 1. The third-order valence-corrected chi connectivity index (χ3v) is 3.72. The van der Waals surface area contributed by atoms with Gasteiger partial charge in [-0.15, -0.1) is 0 Å². The number of nitrogens with zero attached hydrogens (tertiary/aromatic N) is 3. The van der Waals surface area contributed by atoms with Crippen molar-refractivity contribution in [2.24, 2.45) is 0 Å². The Hall–Kier alpha value is -1.98. The Morgan fingerprint density at radius 2 is 2.00 bits per heavy atom. The van der Waals surface area contributed by atoms with E-state index in [0.29, 0.717) is 18.5 Å². The highest BCUT2D eigenvalue weighted by Gasteiger charge is 2.23. The fourth-order valence-corrected chi connectivity index (χ4v) is 2.62. The maximum Gasteiger partial charge on any atom is 0.123 e. The topological polar surface area (TPSA) is 64.3 Å². The van der Waals surface area contributed by atoms with Gasteiger partial charge < -0.3 is 10.5 Å². The minimum Gasteiger partial charge on any atom is -0.384 e. The summed E-state index contributed by atoms with van der Waals surface area (Å²) >= 11 is 0. The molecule has 0 aliphatic carbocycles. The molecule has 0 amide bonds. The summed E-state index contributed by atoms with van der Waals surface area (Å²) in [4.78, 5) is 10.4. The highest BCUT2D eigenvalue weighted by molar-refractivity contribution is 5.31. The molecule has 2 aromatic heterocycles. The standard InChI is InChI=1S/C16H20N4O/c17-16-9-14(3-7-19-16)10-20-8-4-15(11-20)21-12-13-1-5-18-6-2-13/h1-3,5-7,9,15H,4,8,10-12H2,(H2,17,19). The van der Waals surface area contributed by atoms with Gasteiger partial charge in [0.15, 0.2) is 0 Å². The predicted octanol–water partition coefficient (Wildman–Crippen LogP) is 1.85. The van der Waals surface area contributed by atoms with Crippen LogP contribution in [0, 0.1) is 0 Å². The first-order chi connectivity index (χ1) is 10.3. The fraction of sp³-hybridized carbons (Fsp3) is 0.375. The second-order valence-electron chi connectivity index (χ2n) is 5.40. The number of hydrogen-bond acceptors (Lipinski definition) is 5. The zero-order chi connectivity index (χ0) is 14.5. The smallest absolute Gasteiger partial charge is 0.123 e. The summed E-state index contributed by atoms with van der Waals surface area (Å²) < 4.78 is 5.97. The van der Waals surface area contributed by atoms with Gasteiger partial charge in [-0.25, -0.2) is 4.98 Å². The Balaban J connectivity index is 1.47. The van der Waals surface area contributed by atoms with Gasteiger partial charge in [0.05, 0.1) is 12.7 Å². The van der Waals surface area contributed by atoms with Crippen LogP contribution in [0.5, 0.6) is 0 Å². The lowest BCUT2D eigenvalue weighted by molar-refractivity contribution is 0.0461. The Labute approximate surface area is 124 Å². The van der Waals surface area contributed by atoms with E-state index in [9.17, 15) is 0 Å². The van der Waals surface area contributed by atoms with Gasteiger partial charge >= 0.3 is 0 Å². The third kappa shape index (κ3) is 4.00. The van der Waals surface area contributed by atoms with E-state index < -0.39 is 0 Å². The predicted molar refractivity (Wildman–Crippen MR) is 81.4 cm³/mol. The normalized spacial score (nSPS) is 19.0. The summed E-state index contributed by atoms with van der Waals surface area (Å²) in [5, 5.41) is 0. The van der Waals surface area contributed by atoms with Gasteiger partial charge in [-0.2, -0.15) is 0 Å². The average molecular weight is 284 g/mol. The van der Waals surface area contributed by atoms with Crippen LogP contribution in [0.25, 0.3) is 0 Å². The molecule has 0 aromatic carbocycles. The van der Waals surface area contributed by atoms with Crippen LogP contribution >= 0.6 is 0 Å². The van der Waals surface area contributed by atoms with Crippen LogP contribution in [0.3, 0.4) is 0 Å². The number of anilines is 1. The van der Waals surface area contributed by atoms with Crippen LogP contribution in [0.4, 0.5) is 5.82 Å². The average Bonchev–Trinajstić information content (AvgIpc) is 2.94. The number of nitrogen functional groups attached to an aromatic ring is 1. The minimum atomic E-state index is 0.303. The molecule has 2 N–H and O–H groups in total. The van der Waals surface area contributed by atoms with E-state index in [2.05, 4.69) is 14.9 Å². The first-order valence-electron chi connectivity index (χ1n) is 7.23. The summed E-state index contributed by atoms with van der Waals surface area (Å²) in [6, 6.07) is 7.94. The fourth-order valence-electron chi connectivity index (χ4n) is 2.62. The van der Waals surface area contributed by atoms with Crippen LogP contribution in [-0.2, 0) is 17.9 Å². The Morgan fingerprint density at radius 1 is 1.19 bits per heavy atom. The Kier molecular flexibility index (Phi) is 4.43. The van der Waals surface area contributed by atoms with E-state index in [4.69, 9.17) is 10.5 Å². The maximum atomic E-state index is 5.97. The van der Waals surface area contributed by atoms with Crippen molar-refractivity contribution in [2.75, 3.05) is 18.8 Å². The molecule has 21 heavy (non-hydrogen) atoms. The molecule has 0 bridgehead atoms. The van der Waals surface area contributed by atoms with Gasteiger partial charge in [-0.1, -0.05) is 0 Å². The second-order valence-corrected chi connectivity index (χ2v) is 5.40. The molecule has 2 aromatic rings. The van der Waals surface area contributed by atoms with Gasteiger partial charge in [0.2, 0.25) is 0 Å². The number of nitrogens with two attached hydrogens (primary N) is 1. The lowest BCUT2D eigenvalue weighted by Gasteiger charge is -2.16. The van der Waals surface area contributed by atoms with E-state index in [1.165, 1.54) is 11.1 Å². The molecule has 1 atom stereocenters. The molecular formula is C16H20N4O. The molecule has 0 radical (unpaired) electrons. The highest BCUT2D eigenvalue weighted by atomic mass is 16.5. The first kappa shape index (κ1) is 14.0. The molecule has 1 aliphatic heterocycles. The molecule has 0 saturated carbocycles. The van der Waals surface area contributed by atoms with Crippen LogP contribution in [0.15, 0.2) is 42.9 Å². The molecule has 1 saturated heterocycles. The number of pyridine rings is 2. The summed E-state index contributed by atoms with van der Waals surface area (Å²) in [5.41, 5.74) is 8.09. The second kappa shape index (κ2) is 6.65. The molecule has 5 heteroatoms. The van der Waals surface area contributed by atoms with Crippen LogP contribution in [0.2, 0.25) is 0 Å². The summed E-state index contributed by atoms with van der Waals surface area (Å²) in [6.07, 6.45) is 6.74. The number of hydrogen-bond donors (Lipinski definition) is 1.